The van der Waals surface area contributed by atoms with E-state index in [1.807, 2.05) is 0 Å². The number of aromatic amines is 1. The van der Waals surface area contributed by atoms with E-state index in [0.29, 0.717) is 23.7 Å². The monoisotopic (exact) mass is 250 g/mol. The highest BCUT2D eigenvalue weighted by atomic mass is 15.0. The summed E-state index contributed by atoms with van der Waals surface area (Å²) in [6.07, 6.45) is 2.46. The van der Waals surface area contributed by atoms with E-state index in [0.717, 1.165) is 0 Å². The summed E-state index contributed by atoms with van der Waals surface area (Å²) in [4.78, 5) is 8.50. The summed E-state index contributed by atoms with van der Waals surface area (Å²) < 4.78 is 0. The molecule has 0 aliphatic rings. The van der Waals surface area contributed by atoms with Gasteiger partial charge in [-0.1, -0.05) is 54.9 Å². The van der Waals surface area contributed by atoms with Gasteiger partial charge in [0.1, 0.15) is 5.82 Å². The predicted molar refractivity (Wildman–Crippen MR) is 79.3 cm³/mol. The molecule has 0 fully saturated rings. The maximum absolute atomic E-state index is 4.88. The summed E-state index contributed by atoms with van der Waals surface area (Å²) in [7, 11) is 0. The molecule has 2 heteroatoms. The Morgan fingerprint density at radius 3 is 2.11 bits per heavy atom. The Morgan fingerprint density at radius 2 is 1.67 bits per heavy atom. The molecule has 2 atom stereocenters. The Balaban J connectivity index is 3.08. The van der Waals surface area contributed by atoms with Crippen LogP contribution in [0.15, 0.2) is 0 Å². The first kappa shape index (κ1) is 15.3. The van der Waals surface area contributed by atoms with Crippen LogP contribution in [-0.4, -0.2) is 9.97 Å². The minimum absolute atomic E-state index is 0.503. The second kappa shape index (κ2) is 6.40. The highest BCUT2D eigenvalue weighted by Gasteiger charge is 2.21. The van der Waals surface area contributed by atoms with Crippen molar-refractivity contribution < 1.29 is 0 Å². The zero-order valence-electron chi connectivity index (χ0n) is 13.2. The molecule has 0 saturated carbocycles. The maximum atomic E-state index is 4.88. The lowest BCUT2D eigenvalue weighted by molar-refractivity contribution is 0.511. The molecule has 0 amide bonds. The maximum Gasteiger partial charge on any atom is 0.109 e. The van der Waals surface area contributed by atoms with E-state index in [1.54, 1.807) is 0 Å². The number of hydrogen-bond acceptors (Lipinski definition) is 1. The fraction of sp³-hybridized carbons (Fsp3) is 0.812. The SMILES string of the molecule is CCCC(C)c1[nH]c(C(C)C(C)C)nc1C(C)C. The summed E-state index contributed by atoms with van der Waals surface area (Å²) in [5.41, 5.74) is 2.65. The number of nitrogens with one attached hydrogen (secondary N) is 1. The van der Waals surface area contributed by atoms with Crippen LogP contribution in [0, 0.1) is 5.92 Å². The van der Waals surface area contributed by atoms with Crippen LogP contribution < -0.4 is 0 Å². The number of rotatable bonds is 6. The molecule has 104 valence electrons. The number of aromatic nitrogens is 2. The van der Waals surface area contributed by atoms with Gasteiger partial charge in [0.25, 0.3) is 0 Å². The third kappa shape index (κ3) is 3.37. The summed E-state index contributed by atoms with van der Waals surface area (Å²) in [6, 6.07) is 0. The molecule has 2 unspecified atom stereocenters. The van der Waals surface area contributed by atoms with Gasteiger partial charge in [-0.25, -0.2) is 4.98 Å². The molecule has 0 spiro atoms. The van der Waals surface area contributed by atoms with Gasteiger partial charge in [0, 0.05) is 11.6 Å². The second-order valence-corrected chi connectivity index (χ2v) is 6.30. The highest BCUT2D eigenvalue weighted by Crippen LogP contribution is 2.30. The molecular formula is C16H30N2. The molecule has 1 aromatic rings. The average molecular weight is 250 g/mol. The first-order valence-electron chi connectivity index (χ1n) is 7.48. The van der Waals surface area contributed by atoms with Crippen molar-refractivity contribution in [3.05, 3.63) is 17.2 Å². The molecule has 0 aromatic carbocycles. The van der Waals surface area contributed by atoms with Gasteiger partial charge in [0.15, 0.2) is 0 Å². The van der Waals surface area contributed by atoms with E-state index in [1.165, 1.54) is 30.1 Å². The van der Waals surface area contributed by atoms with Gasteiger partial charge in [-0.3, -0.25) is 0 Å². The van der Waals surface area contributed by atoms with Crippen molar-refractivity contribution in [1.29, 1.82) is 0 Å². The van der Waals surface area contributed by atoms with Gasteiger partial charge in [-0.05, 0) is 24.2 Å². The molecule has 0 saturated heterocycles. The lowest BCUT2D eigenvalue weighted by Crippen LogP contribution is -2.04. The van der Waals surface area contributed by atoms with Crippen LogP contribution in [0.3, 0.4) is 0 Å². The summed E-state index contributed by atoms with van der Waals surface area (Å²) >= 11 is 0. The van der Waals surface area contributed by atoms with E-state index in [-0.39, 0.29) is 0 Å². The summed E-state index contributed by atoms with van der Waals surface area (Å²) in [6.45, 7) is 15.8. The van der Waals surface area contributed by atoms with Gasteiger partial charge in [-0.2, -0.15) is 0 Å². The van der Waals surface area contributed by atoms with E-state index < -0.39 is 0 Å². The van der Waals surface area contributed by atoms with Crippen LogP contribution in [0.4, 0.5) is 0 Å². The van der Waals surface area contributed by atoms with Gasteiger partial charge in [0.2, 0.25) is 0 Å². The molecule has 0 aliphatic carbocycles. The van der Waals surface area contributed by atoms with Crippen LogP contribution in [0.5, 0.6) is 0 Å². The Labute approximate surface area is 113 Å². The molecule has 1 rings (SSSR count). The lowest BCUT2D eigenvalue weighted by atomic mass is 9.96. The van der Waals surface area contributed by atoms with Gasteiger partial charge >= 0.3 is 0 Å². The lowest BCUT2D eigenvalue weighted by Gasteiger charge is -2.13. The Kier molecular flexibility index (Phi) is 5.43. The Bertz CT molecular complexity index is 363. The van der Waals surface area contributed by atoms with Crippen molar-refractivity contribution in [2.24, 2.45) is 5.92 Å². The van der Waals surface area contributed by atoms with E-state index in [2.05, 4.69) is 53.5 Å². The Hall–Kier alpha value is -0.790. The molecule has 0 aliphatic heterocycles. The smallest absolute Gasteiger partial charge is 0.109 e. The van der Waals surface area contributed by atoms with Crippen LogP contribution in [-0.2, 0) is 0 Å². The standard InChI is InChI=1S/C16H30N2/c1-8-9-12(6)15-14(11(4)5)17-16(18-15)13(7)10(2)3/h10-13H,8-9H2,1-7H3,(H,17,18). The number of nitrogens with zero attached hydrogens (tertiary/aromatic N) is 1. The fourth-order valence-electron chi connectivity index (χ4n) is 2.34. The van der Waals surface area contributed by atoms with Crippen molar-refractivity contribution in [2.45, 2.75) is 79.1 Å². The minimum Gasteiger partial charge on any atom is -0.345 e. The van der Waals surface area contributed by atoms with E-state index in [9.17, 15) is 0 Å². The van der Waals surface area contributed by atoms with Crippen molar-refractivity contribution in [2.75, 3.05) is 0 Å². The van der Waals surface area contributed by atoms with Crippen molar-refractivity contribution >= 4 is 0 Å². The number of imidazole rings is 1. The van der Waals surface area contributed by atoms with Gasteiger partial charge in [0.05, 0.1) is 5.69 Å². The first-order valence-corrected chi connectivity index (χ1v) is 7.48. The molecule has 0 bridgehead atoms. The first-order chi connectivity index (χ1) is 8.38. The van der Waals surface area contributed by atoms with Crippen LogP contribution >= 0.6 is 0 Å². The second-order valence-electron chi connectivity index (χ2n) is 6.30. The Morgan fingerprint density at radius 1 is 1.06 bits per heavy atom. The number of H-pyrrole nitrogens is 1. The molecular weight excluding hydrogens is 220 g/mol. The van der Waals surface area contributed by atoms with Gasteiger partial charge in [-0.15, -0.1) is 0 Å². The van der Waals surface area contributed by atoms with E-state index >= 15 is 0 Å². The molecule has 1 N–H and O–H groups in total. The zero-order chi connectivity index (χ0) is 13.9. The molecule has 2 nitrogen and oxygen atoms in total. The predicted octanol–water partition coefficient (Wildman–Crippen LogP) is 5.20. The zero-order valence-corrected chi connectivity index (χ0v) is 13.2. The molecule has 0 radical (unpaired) electrons. The average Bonchev–Trinajstić information content (AvgIpc) is 2.72. The molecule has 1 heterocycles. The van der Waals surface area contributed by atoms with Crippen LogP contribution in [0.25, 0.3) is 0 Å². The molecule has 1 aromatic heterocycles. The normalized spacial score (nSPS) is 15.4. The summed E-state index contributed by atoms with van der Waals surface area (Å²) in [5, 5.41) is 0. The quantitative estimate of drug-likeness (QED) is 0.739. The minimum atomic E-state index is 0.503. The van der Waals surface area contributed by atoms with Gasteiger partial charge < -0.3 is 4.98 Å². The van der Waals surface area contributed by atoms with Crippen LogP contribution in [0.1, 0.15) is 96.3 Å². The number of hydrogen-bond donors (Lipinski definition) is 1. The topological polar surface area (TPSA) is 28.7 Å². The van der Waals surface area contributed by atoms with Crippen LogP contribution in [0.2, 0.25) is 0 Å². The largest absolute Gasteiger partial charge is 0.345 e. The fourth-order valence-corrected chi connectivity index (χ4v) is 2.34. The van der Waals surface area contributed by atoms with E-state index in [4.69, 9.17) is 4.98 Å². The molecule has 18 heavy (non-hydrogen) atoms. The third-order valence-electron chi connectivity index (χ3n) is 3.97. The van der Waals surface area contributed by atoms with Crippen molar-refractivity contribution in [3.63, 3.8) is 0 Å². The highest BCUT2D eigenvalue weighted by molar-refractivity contribution is 5.23. The third-order valence-corrected chi connectivity index (χ3v) is 3.97. The van der Waals surface area contributed by atoms with Crippen molar-refractivity contribution in [1.82, 2.24) is 9.97 Å². The summed E-state index contributed by atoms with van der Waals surface area (Å²) in [5.74, 6) is 3.40. The van der Waals surface area contributed by atoms with Crippen molar-refractivity contribution in [3.8, 4) is 0 Å².